The van der Waals surface area contributed by atoms with Gasteiger partial charge in [-0.05, 0) is 83.5 Å². The van der Waals surface area contributed by atoms with Gasteiger partial charge in [0.2, 0.25) is 5.91 Å². The lowest BCUT2D eigenvalue weighted by Crippen LogP contribution is -2.60. The number of carbonyl (C=O) groups excluding carboxylic acids is 1. The van der Waals surface area contributed by atoms with E-state index in [1.807, 2.05) is 0 Å². The highest BCUT2D eigenvalue weighted by atomic mass is 16.7. The maximum atomic E-state index is 13.1. The lowest BCUT2D eigenvalue weighted by atomic mass is 9.99. The summed E-state index contributed by atoms with van der Waals surface area (Å²) in [6, 6.07) is -0.747. The van der Waals surface area contributed by atoms with Crippen molar-refractivity contribution in [1.82, 2.24) is 5.32 Å². The second-order valence-corrected chi connectivity index (χ2v) is 22.2. The smallest absolute Gasteiger partial charge is 0.220 e. The van der Waals surface area contributed by atoms with E-state index in [9.17, 15) is 30.3 Å². The number of ether oxygens (including phenoxy) is 2. The van der Waals surface area contributed by atoms with Crippen molar-refractivity contribution >= 4 is 5.91 Å². The average Bonchev–Trinajstić information content (AvgIpc) is 3.47. The largest absolute Gasteiger partial charge is 0.394 e. The Morgan fingerprint density at radius 1 is 0.443 bits per heavy atom. The van der Waals surface area contributed by atoms with Crippen molar-refractivity contribution < 1.29 is 39.8 Å². The lowest BCUT2D eigenvalue weighted by molar-refractivity contribution is -0.302. The van der Waals surface area contributed by atoms with Crippen LogP contribution in [0.25, 0.3) is 0 Å². The molecule has 7 atom stereocenters. The summed E-state index contributed by atoms with van der Waals surface area (Å²) in [6.45, 7) is 3.72. The molecule has 454 valence electrons. The molecule has 1 saturated heterocycles. The second kappa shape index (κ2) is 58.1. The van der Waals surface area contributed by atoms with Gasteiger partial charge in [0.05, 0.1) is 25.4 Å². The van der Waals surface area contributed by atoms with Gasteiger partial charge in [0.15, 0.2) is 6.29 Å². The van der Waals surface area contributed by atoms with Gasteiger partial charge in [-0.3, -0.25) is 4.79 Å². The van der Waals surface area contributed by atoms with Crippen molar-refractivity contribution in [3.05, 3.63) is 109 Å². The van der Waals surface area contributed by atoms with Gasteiger partial charge in [0.1, 0.15) is 24.4 Å². The van der Waals surface area contributed by atoms with E-state index in [-0.39, 0.29) is 12.5 Å². The molecule has 1 fully saturated rings. The van der Waals surface area contributed by atoms with E-state index in [1.54, 1.807) is 0 Å². The number of unbranched alkanes of at least 4 members (excludes halogenated alkanes) is 27. The topological polar surface area (TPSA) is 149 Å². The van der Waals surface area contributed by atoms with E-state index < -0.39 is 49.5 Å². The third kappa shape index (κ3) is 47.1. The Labute approximate surface area is 485 Å². The Kier molecular flexibility index (Phi) is 54.3. The van der Waals surface area contributed by atoms with E-state index in [2.05, 4.69) is 129 Å². The molecule has 1 heterocycles. The molecule has 1 aliphatic rings. The lowest BCUT2D eigenvalue weighted by Gasteiger charge is -2.40. The molecule has 79 heavy (non-hydrogen) atoms. The molecular weight excluding hydrogens is 983 g/mol. The zero-order valence-electron chi connectivity index (χ0n) is 50.6. The van der Waals surface area contributed by atoms with E-state index in [1.165, 1.54) is 141 Å². The van der Waals surface area contributed by atoms with Crippen LogP contribution in [0, 0.1) is 0 Å². The van der Waals surface area contributed by atoms with Gasteiger partial charge in [0.25, 0.3) is 0 Å². The maximum Gasteiger partial charge on any atom is 0.220 e. The quantitative estimate of drug-likeness (QED) is 0.0261. The van der Waals surface area contributed by atoms with Gasteiger partial charge in [0, 0.05) is 6.42 Å². The van der Waals surface area contributed by atoms with E-state index in [4.69, 9.17) is 9.47 Å². The fraction of sp³-hybridized carbons (Fsp3) is 0.729. The third-order valence-electron chi connectivity index (χ3n) is 14.9. The first-order valence-corrected chi connectivity index (χ1v) is 32.6. The highest BCUT2D eigenvalue weighted by Crippen LogP contribution is 2.23. The fourth-order valence-corrected chi connectivity index (χ4v) is 9.80. The Bertz CT molecular complexity index is 1610. The Morgan fingerprint density at radius 2 is 0.785 bits per heavy atom. The average molecular weight is 1100 g/mol. The minimum atomic E-state index is -1.57. The standard InChI is InChI=1S/C70H121NO8/c1-3-5-7-9-11-13-15-17-19-21-23-25-27-29-30-31-32-33-34-36-38-40-42-44-46-48-50-52-54-56-58-60-66(74)71-63(62-78-70-69(77)68(76)67(75)65(61-72)79-70)64(73)59-57-55-53-51-49-47-45-43-41-39-37-35-28-26-24-22-20-18-16-14-12-10-8-6-4-2/h5,7,11,13,17,19,23,25,29-30,32-33,36,38,42,44,48,50,63-65,67-70,72-73,75-77H,3-4,6,8-10,12,14-16,18,20-22,24,26-28,31,34-35,37,39-41,43,45-47,49,51-62H2,1-2H3,(H,71,74)/b7-5-,13-11-,19-17-,25-23-,30-29-,33-32-,38-36-,44-42-,50-48-. The molecule has 6 N–H and O–H groups in total. The Balaban J connectivity index is 2.22. The number of nitrogens with one attached hydrogen (secondary N) is 1. The number of carbonyl (C=O) groups is 1. The molecule has 9 nitrogen and oxygen atoms in total. The van der Waals surface area contributed by atoms with Crippen molar-refractivity contribution in [2.45, 2.75) is 314 Å². The first-order valence-electron chi connectivity index (χ1n) is 32.6. The van der Waals surface area contributed by atoms with Gasteiger partial charge < -0.3 is 40.3 Å². The molecule has 0 bridgehead atoms. The molecule has 0 aliphatic carbocycles. The van der Waals surface area contributed by atoms with Crippen LogP contribution in [-0.2, 0) is 14.3 Å². The SMILES string of the molecule is CC/C=C\C/C=C\C/C=C\C/C=C\C/C=C\C/C=C\C/C=C\C/C=C\C/C=C\CCCCCC(=O)NC(COC1OC(CO)C(O)C(O)C1O)C(O)CCCCCCCCCCCCCCCCCCCCCCCCCCC. The monoisotopic (exact) mass is 1100 g/mol. The van der Waals surface area contributed by atoms with Crippen molar-refractivity contribution in [3.8, 4) is 0 Å². The highest BCUT2D eigenvalue weighted by molar-refractivity contribution is 5.76. The zero-order valence-corrected chi connectivity index (χ0v) is 50.6. The number of hydrogen-bond donors (Lipinski definition) is 6. The van der Waals surface area contributed by atoms with Crippen LogP contribution in [-0.4, -0.2) is 87.5 Å². The number of hydrogen-bond acceptors (Lipinski definition) is 8. The normalized spacial score (nSPS) is 19.3. The minimum absolute atomic E-state index is 0.158. The Morgan fingerprint density at radius 3 is 1.15 bits per heavy atom. The molecule has 7 unspecified atom stereocenters. The summed E-state index contributed by atoms with van der Waals surface area (Å²) in [5, 5.41) is 54.8. The number of allylic oxidation sites excluding steroid dienone is 18. The molecule has 0 spiro atoms. The molecule has 1 rings (SSSR count). The molecule has 0 radical (unpaired) electrons. The van der Waals surface area contributed by atoms with Crippen molar-refractivity contribution in [2.75, 3.05) is 13.2 Å². The van der Waals surface area contributed by atoms with Crippen molar-refractivity contribution in [3.63, 3.8) is 0 Å². The number of aliphatic hydroxyl groups excluding tert-OH is 5. The van der Waals surface area contributed by atoms with Gasteiger partial charge in [-0.2, -0.15) is 0 Å². The van der Waals surface area contributed by atoms with Crippen LogP contribution in [0.5, 0.6) is 0 Å². The number of rotatable bonds is 55. The summed E-state index contributed by atoms with van der Waals surface area (Å²) in [5.74, 6) is -0.177. The van der Waals surface area contributed by atoms with Crippen LogP contribution < -0.4 is 5.32 Å². The van der Waals surface area contributed by atoms with Gasteiger partial charge >= 0.3 is 0 Å². The molecule has 0 aromatic carbocycles. The van der Waals surface area contributed by atoms with Crippen LogP contribution >= 0.6 is 0 Å². The molecule has 1 aliphatic heterocycles. The van der Waals surface area contributed by atoms with Gasteiger partial charge in [-0.1, -0.05) is 290 Å². The number of amides is 1. The van der Waals surface area contributed by atoms with Crippen molar-refractivity contribution in [1.29, 1.82) is 0 Å². The Hall–Kier alpha value is -3.15. The molecule has 9 heteroatoms. The molecule has 0 aromatic heterocycles. The highest BCUT2D eigenvalue weighted by Gasteiger charge is 2.44. The van der Waals surface area contributed by atoms with Crippen molar-refractivity contribution in [2.24, 2.45) is 0 Å². The predicted octanol–water partition coefficient (Wildman–Crippen LogP) is 17.3. The summed E-state index contributed by atoms with van der Waals surface area (Å²) in [5.41, 5.74) is 0. The molecule has 0 aromatic rings. The fourth-order valence-electron chi connectivity index (χ4n) is 9.80. The minimum Gasteiger partial charge on any atom is -0.394 e. The molecule has 1 amide bonds. The summed E-state index contributed by atoms with van der Waals surface area (Å²) in [7, 11) is 0. The van der Waals surface area contributed by atoms with Crippen LogP contribution in [0.3, 0.4) is 0 Å². The zero-order chi connectivity index (χ0) is 57.2. The molecular formula is C70H121NO8. The summed E-state index contributed by atoms with van der Waals surface area (Å²) < 4.78 is 11.3. The van der Waals surface area contributed by atoms with Crippen LogP contribution in [0.1, 0.15) is 271 Å². The van der Waals surface area contributed by atoms with Crippen LogP contribution in [0.2, 0.25) is 0 Å². The van der Waals surface area contributed by atoms with E-state index in [0.717, 1.165) is 103 Å². The maximum absolute atomic E-state index is 13.1. The van der Waals surface area contributed by atoms with Crippen LogP contribution in [0.15, 0.2) is 109 Å². The second-order valence-electron chi connectivity index (χ2n) is 22.2. The first-order chi connectivity index (χ1) is 38.8. The molecule has 0 saturated carbocycles. The third-order valence-corrected chi connectivity index (χ3v) is 14.9. The first kappa shape index (κ1) is 73.9. The number of aliphatic hydroxyl groups is 5. The van der Waals surface area contributed by atoms with E-state index >= 15 is 0 Å². The predicted molar refractivity (Wildman–Crippen MR) is 336 cm³/mol. The van der Waals surface area contributed by atoms with Crippen LogP contribution in [0.4, 0.5) is 0 Å². The summed E-state index contributed by atoms with van der Waals surface area (Å²) in [4.78, 5) is 13.1. The summed E-state index contributed by atoms with van der Waals surface area (Å²) >= 11 is 0. The summed E-state index contributed by atoms with van der Waals surface area (Å²) in [6.07, 6.45) is 78.4. The van der Waals surface area contributed by atoms with Gasteiger partial charge in [-0.15, -0.1) is 0 Å². The van der Waals surface area contributed by atoms with E-state index in [0.29, 0.717) is 12.8 Å². The van der Waals surface area contributed by atoms with Gasteiger partial charge in [-0.25, -0.2) is 0 Å².